The van der Waals surface area contributed by atoms with Crippen molar-refractivity contribution in [3.05, 3.63) is 23.1 Å². The summed E-state index contributed by atoms with van der Waals surface area (Å²) < 4.78 is 1.95. The average molecular weight is 397 g/mol. The van der Waals surface area contributed by atoms with Crippen LogP contribution in [0.2, 0.25) is 5.02 Å². The molecule has 3 N–H and O–H groups in total. The second-order valence-electron chi connectivity index (χ2n) is 7.42. The molecule has 142 valence electrons. The van der Waals surface area contributed by atoms with Gasteiger partial charge < -0.3 is 11.1 Å². The number of aromatic nitrogens is 4. The van der Waals surface area contributed by atoms with Crippen LogP contribution in [-0.4, -0.2) is 31.8 Å². The van der Waals surface area contributed by atoms with Crippen LogP contribution in [0.5, 0.6) is 0 Å². The minimum Gasteiger partial charge on any atom is -0.351 e. The number of halogens is 2. The summed E-state index contributed by atoms with van der Waals surface area (Å²) in [5.41, 5.74) is 8.99. The number of rotatable bonds is 5. The van der Waals surface area contributed by atoms with Gasteiger partial charge in [-0.05, 0) is 50.9 Å². The van der Waals surface area contributed by atoms with Crippen LogP contribution in [0.4, 0.5) is 5.95 Å². The SMILES string of the molecule is Cl.Cn1ncc(-c2nc(N[C@H]3CC[C@H](N)CC3)ncc2Cl)c1CC1CC1. The van der Waals surface area contributed by atoms with E-state index in [1.54, 1.807) is 6.20 Å². The largest absolute Gasteiger partial charge is 0.351 e. The molecule has 0 aliphatic heterocycles. The van der Waals surface area contributed by atoms with Crippen molar-refractivity contribution in [3.63, 3.8) is 0 Å². The number of aryl methyl sites for hydroxylation is 1. The average Bonchev–Trinajstić information content (AvgIpc) is 3.35. The van der Waals surface area contributed by atoms with Crippen molar-refractivity contribution < 1.29 is 0 Å². The maximum absolute atomic E-state index is 6.42. The summed E-state index contributed by atoms with van der Waals surface area (Å²) in [7, 11) is 1.99. The summed E-state index contributed by atoms with van der Waals surface area (Å²) in [6.07, 6.45) is 11.4. The first-order chi connectivity index (χ1) is 12.1. The fraction of sp³-hybridized carbons (Fsp3) is 0.611. The third-order valence-corrected chi connectivity index (χ3v) is 5.62. The Hall–Kier alpha value is -1.37. The van der Waals surface area contributed by atoms with Gasteiger partial charge >= 0.3 is 0 Å². The Balaban J connectivity index is 0.00000196. The number of nitrogens with zero attached hydrogens (tertiary/aromatic N) is 4. The fourth-order valence-electron chi connectivity index (χ4n) is 3.57. The van der Waals surface area contributed by atoms with Crippen molar-refractivity contribution in [2.24, 2.45) is 18.7 Å². The minimum absolute atomic E-state index is 0. The Morgan fingerprint density at radius 3 is 2.62 bits per heavy atom. The lowest BCUT2D eigenvalue weighted by Crippen LogP contribution is -2.33. The van der Waals surface area contributed by atoms with Crippen LogP contribution in [0.15, 0.2) is 12.4 Å². The molecule has 2 aromatic rings. The van der Waals surface area contributed by atoms with Crippen molar-refractivity contribution in [1.82, 2.24) is 19.7 Å². The number of hydrogen-bond acceptors (Lipinski definition) is 5. The number of anilines is 1. The smallest absolute Gasteiger partial charge is 0.223 e. The summed E-state index contributed by atoms with van der Waals surface area (Å²) in [4.78, 5) is 9.09. The van der Waals surface area contributed by atoms with E-state index in [0.717, 1.165) is 49.3 Å². The molecule has 0 bridgehead atoms. The van der Waals surface area contributed by atoms with Gasteiger partial charge in [-0.2, -0.15) is 5.10 Å². The van der Waals surface area contributed by atoms with Gasteiger partial charge in [0.1, 0.15) is 0 Å². The molecule has 8 heteroatoms. The minimum atomic E-state index is 0. The Kier molecular flexibility index (Phi) is 6.05. The Bertz CT molecular complexity index is 750. The van der Waals surface area contributed by atoms with Gasteiger partial charge in [0.15, 0.2) is 0 Å². The molecule has 0 atom stereocenters. The molecule has 0 amide bonds. The van der Waals surface area contributed by atoms with Crippen LogP contribution >= 0.6 is 24.0 Å². The van der Waals surface area contributed by atoms with Crippen LogP contribution in [0.3, 0.4) is 0 Å². The van der Waals surface area contributed by atoms with Crippen molar-refractivity contribution in [2.45, 2.75) is 57.0 Å². The molecule has 2 saturated carbocycles. The summed E-state index contributed by atoms with van der Waals surface area (Å²) in [6, 6.07) is 0.716. The maximum Gasteiger partial charge on any atom is 0.223 e. The van der Waals surface area contributed by atoms with Crippen LogP contribution < -0.4 is 11.1 Å². The fourth-order valence-corrected chi connectivity index (χ4v) is 3.76. The molecule has 2 fully saturated rings. The zero-order valence-corrected chi connectivity index (χ0v) is 16.6. The van der Waals surface area contributed by atoms with Gasteiger partial charge in [-0.15, -0.1) is 12.4 Å². The lowest BCUT2D eigenvalue weighted by molar-refractivity contribution is 0.410. The third kappa shape index (κ3) is 4.30. The molecule has 0 radical (unpaired) electrons. The van der Waals surface area contributed by atoms with Crippen LogP contribution in [-0.2, 0) is 13.5 Å². The second kappa shape index (κ2) is 8.11. The van der Waals surface area contributed by atoms with E-state index in [4.69, 9.17) is 22.3 Å². The summed E-state index contributed by atoms with van der Waals surface area (Å²) >= 11 is 6.42. The molecule has 2 aromatic heterocycles. The number of nitrogens with two attached hydrogens (primary N) is 1. The quantitative estimate of drug-likeness (QED) is 0.806. The highest BCUT2D eigenvalue weighted by molar-refractivity contribution is 6.32. The molecule has 4 rings (SSSR count). The molecule has 2 aliphatic carbocycles. The van der Waals surface area contributed by atoms with E-state index < -0.39 is 0 Å². The van der Waals surface area contributed by atoms with Gasteiger partial charge in [0.2, 0.25) is 5.95 Å². The van der Waals surface area contributed by atoms with E-state index in [-0.39, 0.29) is 12.4 Å². The van der Waals surface area contributed by atoms with E-state index in [1.807, 2.05) is 17.9 Å². The van der Waals surface area contributed by atoms with Gasteiger partial charge in [-0.3, -0.25) is 4.68 Å². The molecule has 0 saturated heterocycles. The van der Waals surface area contributed by atoms with Crippen LogP contribution in [0.1, 0.15) is 44.2 Å². The van der Waals surface area contributed by atoms with Crippen molar-refractivity contribution in [2.75, 3.05) is 5.32 Å². The van der Waals surface area contributed by atoms with Crippen molar-refractivity contribution >= 4 is 30.0 Å². The maximum atomic E-state index is 6.42. The second-order valence-corrected chi connectivity index (χ2v) is 7.83. The molecular formula is C18H26Cl2N6. The lowest BCUT2D eigenvalue weighted by atomic mass is 9.92. The summed E-state index contributed by atoms with van der Waals surface area (Å²) in [5, 5.41) is 8.46. The van der Waals surface area contributed by atoms with E-state index in [1.165, 1.54) is 18.5 Å². The monoisotopic (exact) mass is 396 g/mol. The lowest BCUT2D eigenvalue weighted by Gasteiger charge is -2.26. The van der Waals surface area contributed by atoms with E-state index >= 15 is 0 Å². The molecule has 2 aliphatic rings. The van der Waals surface area contributed by atoms with Crippen LogP contribution in [0.25, 0.3) is 11.3 Å². The van der Waals surface area contributed by atoms with Gasteiger partial charge in [0.05, 0.1) is 23.1 Å². The zero-order chi connectivity index (χ0) is 17.4. The van der Waals surface area contributed by atoms with Gasteiger partial charge in [0, 0.05) is 30.4 Å². The predicted molar refractivity (Wildman–Crippen MR) is 107 cm³/mol. The van der Waals surface area contributed by atoms with E-state index in [2.05, 4.69) is 15.4 Å². The molecule has 0 spiro atoms. The number of nitrogens with one attached hydrogen (secondary N) is 1. The number of hydrogen-bond donors (Lipinski definition) is 2. The highest BCUT2D eigenvalue weighted by Crippen LogP contribution is 2.37. The van der Waals surface area contributed by atoms with Crippen LogP contribution in [0, 0.1) is 5.92 Å². The molecular weight excluding hydrogens is 371 g/mol. The van der Waals surface area contributed by atoms with E-state index in [9.17, 15) is 0 Å². The van der Waals surface area contributed by atoms with E-state index in [0.29, 0.717) is 23.1 Å². The van der Waals surface area contributed by atoms with Crippen molar-refractivity contribution in [3.8, 4) is 11.3 Å². The van der Waals surface area contributed by atoms with Gasteiger partial charge in [0.25, 0.3) is 0 Å². The van der Waals surface area contributed by atoms with Gasteiger partial charge in [-0.25, -0.2) is 9.97 Å². The Morgan fingerprint density at radius 1 is 1.19 bits per heavy atom. The van der Waals surface area contributed by atoms with Crippen molar-refractivity contribution in [1.29, 1.82) is 0 Å². The highest BCUT2D eigenvalue weighted by Gasteiger charge is 2.26. The molecule has 6 nitrogen and oxygen atoms in total. The normalized spacial score (nSPS) is 22.7. The first-order valence-electron chi connectivity index (χ1n) is 9.16. The Morgan fingerprint density at radius 2 is 1.92 bits per heavy atom. The molecule has 0 aromatic carbocycles. The molecule has 2 heterocycles. The first-order valence-corrected chi connectivity index (χ1v) is 9.54. The topological polar surface area (TPSA) is 81.7 Å². The Labute approximate surface area is 165 Å². The summed E-state index contributed by atoms with van der Waals surface area (Å²) in [6.45, 7) is 0. The first kappa shape index (κ1) is 19.4. The predicted octanol–water partition coefficient (Wildman–Crippen LogP) is 3.59. The van der Waals surface area contributed by atoms with Gasteiger partial charge in [-0.1, -0.05) is 11.6 Å². The molecule has 0 unspecified atom stereocenters. The zero-order valence-electron chi connectivity index (χ0n) is 15.0. The highest BCUT2D eigenvalue weighted by atomic mass is 35.5. The standard InChI is InChI=1S/C18H25ClN6.ClH/c1-25-16(8-11-2-3-11)14(9-22-25)17-15(19)10-21-18(24-17)23-13-6-4-12(20)5-7-13;/h9-13H,2-8,20H2,1H3,(H,21,23,24);1H/t12-,13-;. The summed E-state index contributed by atoms with van der Waals surface area (Å²) in [5.74, 6) is 1.42. The molecule has 26 heavy (non-hydrogen) atoms. The third-order valence-electron chi connectivity index (χ3n) is 5.34.